The van der Waals surface area contributed by atoms with Crippen molar-refractivity contribution in [3.05, 3.63) is 21.4 Å². The Morgan fingerprint density at radius 2 is 2.20 bits per heavy atom. The fourth-order valence-corrected chi connectivity index (χ4v) is 3.06. The second-order valence-electron chi connectivity index (χ2n) is 4.89. The molecule has 4 nitrogen and oxygen atoms in total. The number of carbonyl (C=O) groups excluding carboxylic acids is 1. The number of hydrogen-bond donors (Lipinski definition) is 2. The Morgan fingerprint density at radius 3 is 2.90 bits per heavy atom. The summed E-state index contributed by atoms with van der Waals surface area (Å²) in [4.78, 5) is 13.8. The molecule has 108 valence electrons. The number of aliphatic hydroxyl groups excluding tert-OH is 1. The lowest BCUT2D eigenvalue weighted by Crippen LogP contribution is -2.44. The molecule has 1 amide bonds. The molecule has 1 aromatic rings. The maximum absolute atomic E-state index is 12.2. The number of carbonyl (C=O) groups is 1. The lowest BCUT2D eigenvalue weighted by atomic mass is 10.2. The number of rotatable bonds is 3. The normalized spacial score (nSPS) is 15.5. The van der Waals surface area contributed by atoms with Crippen LogP contribution in [0.3, 0.4) is 0 Å². The summed E-state index contributed by atoms with van der Waals surface area (Å²) >= 11 is 1.41. The zero-order valence-corrected chi connectivity index (χ0v) is 12.6. The molecule has 0 unspecified atom stereocenters. The Hall–Kier alpha value is -1.35. The molecule has 0 atom stereocenters. The number of nitrogens with one attached hydrogen (secondary N) is 1. The van der Waals surface area contributed by atoms with Gasteiger partial charge in [0.2, 0.25) is 0 Å². The van der Waals surface area contributed by atoms with Crippen molar-refractivity contribution in [3.63, 3.8) is 0 Å². The van der Waals surface area contributed by atoms with E-state index in [1.54, 1.807) is 0 Å². The zero-order chi connectivity index (χ0) is 14.4. The topological polar surface area (TPSA) is 52.6 Å². The number of amides is 1. The van der Waals surface area contributed by atoms with E-state index in [1.165, 1.54) is 17.8 Å². The molecule has 0 spiro atoms. The van der Waals surface area contributed by atoms with E-state index in [1.807, 2.05) is 18.0 Å². The second kappa shape index (κ2) is 7.44. The average Bonchev–Trinajstić information content (AvgIpc) is 2.82. The fraction of sp³-hybridized carbons (Fsp3) is 0.533. The van der Waals surface area contributed by atoms with Crippen molar-refractivity contribution in [1.82, 2.24) is 10.4 Å². The molecule has 0 saturated carbocycles. The highest BCUT2D eigenvalue weighted by Crippen LogP contribution is 2.21. The SMILES string of the molecule is Cc1cc(C(=O)NN2CCCCC2)sc1C#CCCO. The number of aliphatic hydroxyl groups is 1. The Labute approximate surface area is 123 Å². The molecule has 0 aliphatic carbocycles. The molecule has 1 saturated heterocycles. The summed E-state index contributed by atoms with van der Waals surface area (Å²) in [5.74, 6) is 5.86. The van der Waals surface area contributed by atoms with Gasteiger partial charge in [-0.3, -0.25) is 10.2 Å². The van der Waals surface area contributed by atoms with Crippen molar-refractivity contribution in [2.45, 2.75) is 32.6 Å². The van der Waals surface area contributed by atoms with Gasteiger partial charge in [0.05, 0.1) is 16.4 Å². The van der Waals surface area contributed by atoms with Crippen LogP contribution in [0.25, 0.3) is 0 Å². The molecule has 1 aromatic heterocycles. The fourth-order valence-electron chi connectivity index (χ4n) is 2.12. The van der Waals surface area contributed by atoms with Gasteiger partial charge in [0.25, 0.3) is 5.91 Å². The first-order valence-corrected chi connectivity index (χ1v) is 7.78. The van der Waals surface area contributed by atoms with E-state index in [2.05, 4.69) is 17.3 Å². The molecule has 1 fully saturated rings. The maximum atomic E-state index is 12.2. The summed E-state index contributed by atoms with van der Waals surface area (Å²) in [5.41, 5.74) is 3.98. The molecule has 1 aliphatic rings. The molecule has 5 heteroatoms. The number of piperidine rings is 1. The van der Waals surface area contributed by atoms with Crippen molar-refractivity contribution < 1.29 is 9.90 Å². The van der Waals surface area contributed by atoms with Crippen molar-refractivity contribution in [3.8, 4) is 11.8 Å². The summed E-state index contributed by atoms with van der Waals surface area (Å²) < 4.78 is 0. The Balaban J connectivity index is 1.99. The van der Waals surface area contributed by atoms with Gasteiger partial charge in [-0.05, 0) is 31.4 Å². The molecular weight excluding hydrogens is 272 g/mol. The summed E-state index contributed by atoms with van der Waals surface area (Å²) in [6, 6.07) is 1.88. The molecular formula is C15H20N2O2S. The van der Waals surface area contributed by atoms with Crippen molar-refractivity contribution >= 4 is 17.2 Å². The predicted octanol–water partition coefficient (Wildman–Crippen LogP) is 1.92. The van der Waals surface area contributed by atoms with Gasteiger partial charge in [-0.25, -0.2) is 5.01 Å². The molecule has 0 radical (unpaired) electrons. The smallest absolute Gasteiger partial charge is 0.275 e. The van der Waals surface area contributed by atoms with Gasteiger partial charge in [0.1, 0.15) is 0 Å². The van der Waals surface area contributed by atoms with E-state index < -0.39 is 0 Å². The summed E-state index contributed by atoms with van der Waals surface area (Å²) in [6.45, 7) is 3.88. The van der Waals surface area contributed by atoms with Crippen LogP contribution in [0, 0.1) is 18.8 Å². The van der Waals surface area contributed by atoms with E-state index in [0.29, 0.717) is 11.3 Å². The largest absolute Gasteiger partial charge is 0.395 e. The molecule has 0 aromatic carbocycles. The highest BCUT2D eigenvalue weighted by atomic mass is 32.1. The number of hydrazine groups is 1. The van der Waals surface area contributed by atoms with E-state index in [9.17, 15) is 4.79 Å². The van der Waals surface area contributed by atoms with Crippen LogP contribution in [-0.4, -0.2) is 35.7 Å². The van der Waals surface area contributed by atoms with E-state index in [0.717, 1.165) is 36.4 Å². The van der Waals surface area contributed by atoms with Gasteiger partial charge in [-0.15, -0.1) is 11.3 Å². The van der Waals surface area contributed by atoms with Crippen LogP contribution in [0.2, 0.25) is 0 Å². The van der Waals surface area contributed by atoms with Gasteiger partial charge in [-0.1, -0.05) is 18.3 Å². The lowest BCUT2D eigenvalue weighted by molar-refractivity contribution is 0.0754. The Morgan fingerprint density at radius 1 is 1.45 bits per heavy atom. The number of hydrogen-bond acceptors (Lipinski definition) is 4. The standard InChI is InChI=1S/C15H20N2O2S/c1-12-11-14(20-13(12)7-3-6-10-18)15(19)16-17-8-4-2-5-9-17/h11,18H,2,4-6,8-10H2,1H3,(H,16,19). The minimum absolute atomic E-state index is 0.0461. The van der Waals surface area contributed by atoms with E-state index in [-0.39, 0.29) is 12.5 Å². The highest BCUT2D eigenvalue weighted by molar-refractivity contribution is 7.14. The molecule has 2 heterocycles. The van der Waals surface area contributed by atoms with E-state index >= 15 is 0 Å². The third-order valence-electron chi connectivity index (χ3n) is 3.20. The lowest BCUT2D eigenvalue weighted by Gasteiger charge is -2.26. The number of aryl methyl sites for hydroxylation is 1. The highest BCUT2D eigenvalue weighted by Gasteiger charge is 2.16. The first-order chi connectivity index (χ1) is 9.70. The zero-order valence-electron chi connectivity index (χ0n) is 11.7. The average molecular weight is 292 g/mol. The van der Waals surface area contributed by atoms with Crippen molar-refractivity contribution in [1.29, 1.82) is 0 Å². The maximum Gasteiger partial charge on any atom is 0.275 e. The van der Waals surface area contributed by atoms with Gasteiger partial charge in [0, 0.05) is 19.5 Å². The minimum atomic E-state index is -0.0461. The molecule has 20 heavy (non-hydrogen) atoms. The first-order valence-electron chi connectivity index (χ1n) is 6.97. The summed E-state index contributed by atoms with van der Waals surface area (Å²) in [5, 5.41) is 10.7. The van der Waals surface area contributed by atoms with Gasteiger partial charge >= 0.3 is 0 Å². The van der Waals surface area contributed by atoms with Crippen LogP contribution in [0.15, 0.2) is 6.07 Å². The van der Waals surface area contributed by atoms with Gasteiger partial charge in [-0.2, -0.15) is 0 Å². The molecule has 2 rings (SSSR count). The third kappa shape index (κ3) is 4.07. The second-order valence-corrected chi connectivity index (χ2v) is 5.94. The molecule has 2 N–H and O–H groups in total. The minimum Gasteiger partial charge on any atom is -0.395 e. The molecule has 0 bridgehead atoms. The first kappa shape index (κ1) is 15.0. The van der Waals surface area contributed by atoms with Crippen LogP contribution < -0.4 is 5.43 Å². The number of thiophene rings is 1. The monoisotopic (exact) mass is 292 g/mol. The van der Waals surface area contributed by atoms with Crippen molar-refractivity contribution in [2.75, 3.05) is 19.7 Å². The number of nitrogens with zero attached hydrogens (tertiary/aromatic N) is 1. The van der Waals surface area contributed by atoms with Crippen molar-refractivity contribution in [2.24, 2.45) is 0 Å². The quantitative estimate of drug-likeness (QED) is 0.837. The predicted molar refractivity (Wildman–Crippen MR) is 80.5 cm³/mol. The van der Waals surface area contributed by atoms with Gasteiger partial charge < -0.3 is 5.11 Å². The van der Waals surface area contributed by atoms with Crippen LogP contribution in [0.1, 0.15) is 45.8 Å². The van der Waals surface area contributed by atoms with E-state index in [4.69, 9.17) is 5.11 Å². The third-order valence-corrected chi connectivity index (χ3v) is 4.35. The Kier molecular flexibility index (Phi) is 5.60. The van der Waals surface area contributed by atoms with Crippen LogP contribution in [0.4, 0.5) is 0 Å². The van der Waals surface area contributed by atoms with Crippen LogP contribution in [0.5, 0.6) is 0 Å². The Bertz CT molecular complexity index is 522. The molecule has 1 aliphatic heterocycles. The summed E-state index contributed by atoms with van der Waals surface area (Å²) in [7, 11) is 0. The summed E-state index contributed by atoms with van der Waals surface area (Å²) in [6.07, 6.45) is 3.99. The van der Waals surface area contributed by atoms with Crippen LogP contribution in [-0.2, 0) is 0 Å². The van der Waals surface area contributed by atoms with Gasteiger partial charge in [0.15, 0.2) is 0 Å². The van der Waals surface area contributed by atoms with Crippen LogP contribution >= 0.6 is 11.3 Å².